The number of aromatic nitrogens is 3. The van der Waals surface area contributed by atoms with Crippen molar-refractivity contribution in [3.8, 4) is 5.75 Å². The zero-order chi connectivity index (χ0) is 26.5. The Morgan fingerprint density at radius 3 is 2.41 bits per heavy atom. The first-order valence-electron chi connectivity index (χ1n) is 12.6. The van der Waals surface area contributed by atoms with Crippen molar-refractivity contribution < 1.29 is 18.7 Å². The van der Waals surface area contributed by atoms with E-state index in [0.29, 0.717) is 57.3 Å². The van der Waals surface area contributed by atoms with Gasteiger partial charge in [0.1, 0.15) is 5.82 Å². The lowest BCUT2D eigenvalue weighted by atomic mass is 10.1. The summed E-state index contributed by atoms with van der Waals surface area (Å²) in [7, 11) is 1.44. The quantitative estimate of drug-likeness (QED) is 0.473. The number of amides is 2. The fraction of sp³-hybridized carbons (Fsp3) is 0.462. The highest BCUT2D eigenvalue weighted by Gasteiger charge is 2.22. The molecule has 0 atom stereocenters. The van der Waals surface area contributed by atoms with Crippen LogP contribution in [0.15, 0.2) is 35.1 Å². The van der Waals surface area contributed by atoms with Gasteiger partial charge in [-0.2, -0.15) is 0 Å². The Hall–Kier alpha value is -3.73. The van der Waals surface area contributed by atoms with Crippen LogP contribution in [-0.4, -0.2) is 69.0 Å². The van der Waals surface area contributed by atoms with Crippen molar-refractivity contribution in [1.29, 1.82) is 0 Å². The van der Waals surface area contributed by atoms with E-state index in [4.69, 9.17) is 4.74 Å². The Labute approximate surface area is 214 Å². The van der Waals surface area contributed by atoms with Crippen molar-refractivity contribution in [2.24, 2.45) is 0 Å². The highest BCUT2D eigenvalue weighted by molar-refractivity contribution is 5.93. The van der Waals surface area contributed by atoms with Gasteiger partial charge in [-0.3, -0.25) is 23.6 Å². The van der Waals surface area contributed by atoms with E-state index < -0.39 is 0 Å². The molecule has 1 aromatic carbocycles. The van der Waals surface area contributed by atoms with Gasteiger partial charge >= 0.3 is 5.69 Å². The highest BCUT2D eigenvalue weighted by atomic mass is 19.1. The molecule has 10 nitrogen and oxygen atoms in total. The molecule has 37 heavy (non-hydrogen) atoms. The fourth-order valence-electron chi connectivity index (χ4n) is 4.66. The number of benzene rings is 1. The van der Waals surface area contributed by atoms with E-state index in [1.165, 1.54) is 13.2 Å². The van der Waals surface area contributed by atoms with Crippen LogP contribution in [0.5, 0.6) is 5.75 Å². The number of carbonyl (C=O) groups is 2. The molecule has 0 spiro atoms. The molecule has 3 aromatic rings. The molecule has 0 unspecified atom stereocenters. The molecule has 198 valence electrons. The predicted octanol–water partition coefficient (Wildman–Crippen LogP) is 2.45. The normalized spacial score (nSPS) is 14.2. The number of ether oxygens (including phenoxy) is 1. The first kappa shape index (κ1) is 26.3. The van der Waals surface area contributed by atoms with Crippen LogP contribution in [-0.2, 0) is 29.2 Å². The van der Waals surface area contributed by atoms with Crippen LogP contribution in [0, 0.1) is 5.82 Å². The van der Waals surface area contributed by atoms with Gasteiger partial charge in [0, 0.05) is 58.7 Å². The molecule has 0 aliphatic carbocycles. The summed E-state index contributed by atoms with van der Waals surface area (Å²) in [5, 5.41) is 2.74. The largest absolute Gasteiger partial charge is 0.494 e. The molecule has 0 radical (unpaired) electrons. The number of nitrogens with zero attached hydrogens (tertiary/aromatic N) is 5. The van der Waals surface area contributed by atoms with Crippen molar-refractivity contribution in [3.05, 3.63) is 52.2 Å². The second kappa shape index (κ2) is 11.5. The number of fused-ring (bicyclic) bond motifs is 1. The third kappa shape index (κ3) is 5.82. The Kier molecular flexibility index (Phi) is 8.22. The third-order valence-electron chi connectivity index (χ3n) is 6.68. The number of hydrogen-bond acceptors (Lipinski definition) is 6. The zero-order valence-corrected chi connectivity index (χ0v) is 21.5. The van der Waals surface area contributed by atoms with Crippen LogP contribution in [0.1, 0.15) is 32.3 Å². The van der Waals surface area contributed by atoms with E-state index in [9.17, 15) is 18.8 Å². The minimum absolute atomic E-state index is 0.0421. The van der Waals surface area contributed by atoms with E-state index in [1.807, 2.05) is 19.9 Å². The van der Waals surface area contributed by atoms with Gasteiger partial charge in [-0.15, -0.1) is 0 Å². The molecule has 1 saturated heterocycles. The minimum atomic E-state index is -0.388. The predicted molar refractivity (Wildman–Crippen MR) is 138 cm³/mol. The van der Waals surface area contributed by atoms with Crippen LogP contribution in [0.3, 0.4) is 0 Å². The zero-order valence-electron chi connectivity index (χ0n) is 21.5. The van der Waals surface area contributed by atoms with Gasteiger partial charge in [0.25, 0.3) is 0 Å². The summed E-state index contributed by atoms with van der Waals surface area (Å²) >= 11 is 0. The lowest BCUT2D eigenvalue weighted by Gasteiger charge is -2.34. The molecular formula is C26H33FN6O4. The van der Waals surface area contributed by atoms with Crippen LogP contribution >= 0.6 is 0 Å². The number of pyridine rings is 1. The number of imidazole rings is 1. The molecule has 1 aliphatic rings. The number of rotatable bonds is 9. The average molecular weight is 513 g/mol. The maximum absolute atomic E-state index is 13.9. The Morgan fingerprint density at radius 2 is 1.76 bits per heavy atom. The average Bonchev–Trinajstić information content (AvgIpc) is 3.17. The van der Waals surface area contributed by atoms with E-state index in [-0.39, 0.29) is 41.9 Å². The van der Waals surface area contributed by atoms with Crippen LogP contribution < -0.4 is 15.7 Å². The van der Waals surface area contributed by atoms with Crippen LogP contribution in [0.2, 0.25) is 0 Å². The summed E-state index contributed by atoms with van der Waals surface area (Å²) in [6.07, 6.45) is 0.143. The van der Waals surface area contributed by atoms with Crippen LogP contribution in [0.4, 0.5) is 10.2 Å². The first-order valence-corrected chi connectivity index (χ1v) is 12.6. The number of hydrogen-bond donors (Lipinski definition) is 1. The summed E-state index contributed by atoms with van der Waals surface area (Å²) in [4.78, 5) is 46.1. The molecule has 4 rings (SSSR count). The van der Waals surface area contributed by atoms with Gasteiger partial charge in [-0.05, 0) is 43.7 Å². The number of aryl methyl sites for hydroxylation is 2. The number of methoxy groups -OCH3 is 1. The van der Waals surface area contributed by atoms with Gasteiger partial charge < -0.3 is 15.0 Å². The minimum Gasteiger partial charge on any atom is -0.494 e. The summed E-state index contributed by atoms with van der Waals surface area (Å²) in [5.41, 5.74) is 1.97. The Bertz CT molecular complexity index is 1340. The van der Waals surface area contributed by atoms with E-state index in [2.05, 4.69) is 15.2 Å². The van der Waals surface area contributed by atoms with Crippen LogP contribution in [0.25, 0.3) is 11.2 Å². The molecule has 2 amide bonds. The molecule has 3 heterocycles. The van der Waals surface area contributed by atoms with Gasteiger partial charge in [0.15, 0.2) is 17.2 Å². The highest BCUT2D eigenvalue weighted by Crippen LogP contribution is 2.19. The smallest absolute Gasteiger partial charge is 0.330 e. The van der Waals surface area contributed by atoms with Gasteiger partial charge in [0.05, 0.1) is 12.6 Å². The number of halogens is 1. The SMILES string of the molecule is CCn1c(=O)n(CC)c2nc(NC(=O)CCC(=O)N3CCN(Cc4ccc(OC)c(F)c4)CC3)ccc21. The molecule has 1 fully saturated rings. The molecular weight excluding hydrogens is 479 g/mol. The maximum atomic E-state index is 13.9. The van der Waals surface area contributed by atoms with Gasteiger partial charge in [0.2, 0.25) is 11.8 Å². The Morgan fingerprint density at radius 1 is 1.03 bits per heavy atom. The standard InChI is InChI=1S/C26H33FN6O4/c1-4-32-20-7-9-22(29-25(20)33(5-2)26(32)36)28-23(34)10-11-24(35)31-14-12-30(13-15-31)17-18-6-8-21(37-3)19(27)16-18/h6-9,16H,4-5,10-15,17H2,1-3H3,(H,28,29,34). The monoisotopic (exact) mass is 512 g/mol. The number of piperazine rings is 1. The Balaban J connectivity index is 1.26. The number of nitrogens with one attached hydrogen (secondary N) is 1. The van der Waals surface area contributed by atoms with Crippen molar-refractivity contribution in [2.45, 2.75) is 46.3 Å². The van der Waals surface area contributed by atoms with Gasteiger partial charge in [-0.1, -0.05) is 6.07 Å². The van der Waals surface area contributed by atoms with E-state index in [1.54, 1.807) is 32.2 Å². The molecule has 0 saturated carbocycles. The lowest BCUT2D eigenvalue weighted by molar-refractivity contribution is -0.134. The molecule has 1 N–H and O–H groups in total. The first-order chi connectivity index (χ1) is 17.8. The molecule has 2 aromatic heterocycles. The number of carbonyl (C=O) groups excluding carboxylic acids is 2. The second-order valence-electron chi connectivity index (χ2n) is 8.98. The third-order valence-corrected chi connectivity index (χ3v) is 6.68. The molecule has 11 heteroatoms. The van der Waals surface area contributed by atoms with Crippen molar-refractivity contribution in [2.75, 3.05) is 38.6 Å². The van der Waals surface area contributed by atoms with Gasteiger partial charge in [-0.25, -0.2) is 14.2 Å². The second-order valence-corrected chi connectivity index (χ2v) is 8.98. The fourth-order valence-corrected chi connectivity index (χ4v) is 4.66. The number of anilines is 1. The summed E-state index contributed by atoms with van der Waals surface area (Å²) in [6, 6.07) is 8.38. The lowest BCUT2D eigenvalue weighted by Crippen LogP contribution is -2.48. The topological polar surface area (TPSA) is 102 Å². The van der Waals surface area contributed by atoms with Crippen molar-refractivity contribution in [3.63, 3.8) is 0 Å². The van der Waals surface area contributed by atoms with E-state index >= 15 is 0 Å². The summed E-state index contributed by atoms with van der Waals surface area (Å²) in [5.74, 6) is -0.198. The van der Waals surface area contributed by atoms with E-state index in [0.717, 1.165) is 11.1 Å². The summed E-state index contributed by atoms with van der Waals surface area (Å²) < 4.78 is 22.1. The summed E-state index contributed by atoms with van der Waals surface area (Å²) in [6.45, 7) is 7.83. The van der Waals surface area contributed by atoms with Crippen molar-refractivity contribution >= 4 is 28.8 Å². The molecule has 0 bridgehead atoms. The maximum Gasteiger partial charge on any atom is 0.330 e. The molecule has 1 aliphatic heterocycles. The van der Waals surface area contributed by atoms with Crippen molar-refractivity contribution in [1.82, 2.24) is 23.9 Å².